The number of aromatic nitrogens is 3. The molecule has 0 saturated heterocycles. The second kappa shape index (κ2) is 8.98. The zero-order valence-electron chi connectivity index (χ0n) is 19.0. The van der Waals surface area contributed by atoms with E-state index in [1.165, 1.54) is 12.8 Å². The molecule has 6 nitrogen and oxygen atoms in total. The van der Waals surface area contributed by atoms with E-state index in [1.54, 1.807) is 25.2 Å². The van der Waals surface area contributed by atoms with E-state index in [0.29, 0.717) is 11.6 Å². The topological polar surface area (TPSA) is 63.4 Å². The molecule has 166 valence electrons. The Bertz CT molecular complexity index is 1260. The lowest BCUT2D eigenvalue weighted by Crippen LogP contribution is -2.25. The minimum Gasteiger partial charge on any atom is -0.343 e. The van der Waals surface area contributed by atoms with E-state index in [4.69, 9.17) is 9.98 Å². The summed E-state index contributed by atoms with van der Waals surface area (Å²) in [4.78, 5) is 28.9. The van der Waals surface area contributed by atoms with E-state index >= 15 is 0 Å². The molecule has 6 heteroatoms. The summed E-state index contributed by atoms with van der Waals surface area (Å²) >= 11 is 0. The van der Waals surface area contributed by atoms with Gasteiger partial charge in [-0.25, -0.2) is 9.98 Å². The van der Waals surface area contributed by atoms with Gasteiger partial charge in [-0.05, 0) is 18.9 Å². The van der Waals surface area contributed by atoms with E-state index in [2.05, 4.69) is 9.55 Å². The summed E-state index contributed by atoms with van der Waals surface area (Å²) in [6.45, 7) is 0. The number of aliphatic imine (C=N–C) groups is 1. The maximum absolute atomic E-state index is 13.0. The molecule has 1 aliphatic carbocycles. The Morgan fingerprint density at radius 3 is 2.15 bits per heavy atom. The first-order valence-corrected chi connectivity index (χ1v) is 11.4. The van der Waals surface area contributed by atoms with Crippen LogP contribution in [0.4, 0.5) is 5.95 Å². The molecule has 2 aromatic heterocycles. The third-order valence-corrected chi connectivity index (χ3v) is 6.18. The molecule has 0 bridgehead atoms. The third-order valence-electron chi connectivity index (χ3n) is 6.18. The first-order valence-electron chi connectivity index (χ1n) is 11.4. The Balaban J connectivity index is 1.67. The molecule has 2 aromatic carbocycles. The van der Waals surface area contributed by atoms with Crippen LogP contribution in [0.15, 0.2) is 77.9 Å². The lowest BCUT2D eigenvalue weighted by Gasteiger charge is -2.18. The molecule has 1 amide bonds. The van der Waals surface area contributed by atoms with Gasteiger partial charge in [0.1, 0.15) is 11.3 Å². The summed E-state index contributed by atoms with van der Waals surface area (Å²) < 4.78 is 2.12. The van der Waals surface area contributed by atoms with Gasteiger partial charge in [-0.1, -0.05) is 73.5 Å². The number of carbonyl (C=O) groups is 1. The first kappa shape index (κ1) is 21.1. The number of amides is 1. The second-order valence-electron chi connectivity index (χ2n) is 8.68. The smallest absolute Gasteiger partial charge is 0.270 e. The summed E-state index contributed by atoms with van der Waals surface area (Å²) in [7, 11) is 3.57. The van der Waals surface area contributed by atoms with Crippen molar-refractivity contribution >= 4 is 28.6 Å². The summed E-state index contributed by atoms with van der Waals surface area (Å²) in [5.74, 6) is 0.380. The Morgan fingerprint density at radius 2 is 1.58 bits per heavy atom. The number of fused-ring (bicyclic) bond motifs is 1. The van der Waals surface area contributed by atoms with Gasteiger partial charge in [0.15, 0.2) is 0 Å². The van der Waals surface area contributed by atoms with Crippen LogP contribution in [-0.2, 0) is 0 Å². The number of hydrogen-bond acceptors (Lipinski definition) is 4. The van der Waals surface area contributed by atoms with E-state index in [0.717, 1.165) is 40.7 Å². The fourth-order valence-electron chi connectivity index (χ4n) is 4.57. The SMILES string of the molecule is CN(C)C(=O)c1cc2cnc(N=C(c3ccccc3)c3ccccc3)nc2n1C1CCCC1. The maximum atomic E-state index is 13.0. The molecule has 2 heterocycles. The van der Waals surface area contributed by atoms with Gasteiger partial charge >= 0.3 is 0 Å². The van der Waals surface area contributed by atoms with Crippen LogP contribution in [0.1, 0.15) is 53.3 Å². The molecule has 0 unspecified atom stereocenters. The normalized spacial score (nSPS) is 13.9. The molecule has 1 fully saturated rings. The van der Waals surface area contributed by atoms with Crippen molar-refractivity contribution in [3.63, 3.8) is 0 Å². The molecule has 33 heavy (non-hydrogen) atoms. The van der Waals surface area contributed by atoms with E-state index in [-0.39, 0.29) is 11.9 Å². The standard InChI is InChI=1S/C27H27N5O/c1-31(2)26(33)23-17-21-18-28-27(30-25(21)32(23)22-15-9-10-16-22)29-24(19-11-5-3-6-12-19)20-13-7-4-8-14-20/h3-8,11-14,17-18,22H,9-10,15-16H2,1-2H3. The Hall–Kier alpha value is -3.80. The van der Waals surface area contributed by atoms with Crippen LogP contribution in [0.5, 0.6) is 0 Å². The Labute approximate surface area is 193 Å². The molecular formula is C27H27N5O. The van der Waals surface area contributed by atoms with Crippen molar-refractivity contribution in [1.29, 1.82) is 0 Å². The van der Waals surface area contributed by atoms with Crippen LogP contribution >= 0.6 is 0 Å². The van der Waals surface area contributed by atoms with Crippen LogP contribution in [0.2, 0.25) is 0 Å². The fraction of sp³-hybridized carbons (Fsp3) is 0.259. The zero-order valence-corrected chi connectivity index (χ0v) is 19.0. The lowest BCUT2D eigenvalue weighted by molar-refractivity contribution is 0.0815. The summed E-state index contributed by atoms with van der Waals surface area (Å²) in [5.41, 5.74) is 4.27. The molecule has 4 aromatic rings. The number of hydrogen-bond donors (Lipinski definition) is 0. The summed E-state index contributed by atoms with van der Waals surface area (Å²) in [6, 6.07) is 22.3. The Morgan fingerprint density at radius 1 is 0.970 bits per heavy atom. The minimum absolute atomic E-state index is 0.0146. The van der Waals surface area contributed by atoms with Crippen molar-refractivity contribution < 1.29 is 4.79 Å². The van der Waals surface area contributed by atoms with Crippen molar-refractivity contribution in [1.82, 2.24) is 19.4 Å². The minimum atomic E-state index is -0.0146. The van der Waals surface area contributed by atoms with Gasteiger partial charge < -0.3 is 9.47 Å². The van der Waals surface area contributed by atoms with Crippen molar-refractivity contribution in [2.45, 2.75) is 31.7 Å². The predicted octanol–water partition coefficient (Wildman–Crippen LogP) is 5.42. The quantitative estimate of drug-likeness (QED) is 0.392. The molecule has 5 rings (SSSR count). The van der Waals surface area contributed by atoms with Gasteiger partial charge in [0.25, 0.3) is 11.9 Å². The monoisotopic (exact) mass is 437 g/mol. The molecule has 0 atom stereocenters. The number of nitrogens with zero attached hydrogens (tertiary/aromatic N) is 5. The summed E-state index contributed by atoms with van der Waals surface area (Å²) in [6.07, 6.45) is 6.23. The van der Waals surface area contributed by atoms with Crippen LogP contribution in [0.3, 0.4) is 0 Å². The molecular weight excluding hydrogens is 410 g/mol. The average Bonchev–Trinajstić information content (AvgIpc) is 3.50. The predicted molar refractivity (Wildman–Crippen MR) is 131 cm³/mol. The largest absolute Gasteiger partial charge is 0.343 e. The second-order valence-corrected chi connectivity index (χ2v) is 8.68. The highest BCUT2D eigenvalue weighted by atomic mass is 16.2. The number of carbonyl (C=O) groups excluding carboxylic acids is 1. The van der Waals surface area contributed by atoms with Crippen LogP contribution in [0.25, 0.3) is 11.0 Å². The van der Waals surface area contributed by atoms with E-state index in [1.807, 2.05) is 66.7 Å². The molecule has 0 radical (unpaired) electrons. The zero-order chi connectivity index (χ0) is 22.8. The van der Waals surface area contributed by atoms with Gasteiger partial charge in [-0.2, -0.15) is 4.98 Å². The average molecular weight is 438 g/mol. The van der Waals surface area contributed by atoms with Crippen LogP contribution in [0, 0.1) is 0 Å². The van der Waals surface area contributed by atoms with E-state index < -0.39 is 0 Å². The van der Waals surface area contributed by atoms with Crippen molar-refractivity contribution in [2.75, 3.05) is 14.1 Å². The van der Waals surface area contributed by atoms with Gasteiger partial charge in [0, 0.05) is 42.8 Å². The molecule has 0 N–H and O–H groups in total. The van der Waals surface area contributed by atoms with Crippen molar-refractivity contribution in [3.8, 4) is 0 Å². The Kier molecular flexibility index (Phi) is 5.73. The van der Waals surface area contributed by atoms with Crippen molar-refractivity contribution in [3.05, 3.63) is 89.7 Å². The van der Waals surface area contributed by atoms with E-state index in [9.17, 15) is 4.79 Å². The summed E-state index contributed by atoms with van der Waals surface area (Å²) in [5, 5.41) is 0.868. The van der Waals surface area contributed by atoms with Crippen molar-refractivity contribution in [2.24, 2.45) is 4.99 Å². The van der Waals surface area contributed by atoms with Gasteiger partial charge in [-0.3, -0.25) is 4.79 Å². The van der Waals surface area contributed by atoms with Gasteiger partial charge in [0.2, 0.25) is 0 Å². The lowest BCUT2D eigenvalue weighted by atomic mass is 10.0. The highest BCUT2D eigenvalue weighted by molar-refractivity contribution is 6.13. The maximum Gasteiger partial charge on any atom is 0.270 e. The number of rotatable bonds is 5. The van der Waals surface area contributed by atoms with Crippen LogP contribution < -0.4 is 0 Å². The first-order chi connectivity index (χ1) is 16.1. The van der Waals surface area contributed by atoms with Crippen LogP contribution in [-0.4, -0.2) is 45.1 Å². The highest BCUT2D eigenvalue weighted by Crippen LogP contribution is 2.35. The van der Waals surface area contributed by atoms with Gasteiger partial charge in [-0.15, -0.1) is 0 Å². The van der Waals surface area contributed by atoms with Gasteiger partial charge in [0.05, 0.1) is 5.71 Å². The number of benzene rings is 2. The molecule has 0 aliphatic heterocycles. The highest BCUT2D eigenvalue weighted by Gasteiger charge is 2.26. The molecule has 0 spiro atoms. The fourth-order valence-corrected chi connectivity index (χ4v) is 4.57. The third kappa shape index (κ3) is 4.16. The molecule has 1 aliphatic rings. The molecule has 1 saturated carbocycles.